The van der Waals surface area contributed by atoms with Crippen molar-refractivity contribution in [3.05, 3.63) is 30.1 Å². The van der Waals surface area contributed by atoms with Crippen molar-refractivity contribution < 1.29 is 55.4 Å². The van der Waals surface area contributed by atoms with Gasteiger partial charge in [-0.1, -0.05) is 6.07 Å². The van der Waals surface area contributed by atoms with Crippen LogP contribution < -0.4 is 31.0 Å². The van der Waals surface area contributed by atoms with E-state index in [1.54, 1.807) is 0 Å². The van der Waals surface area contributed by atoms with E-state index >= 15 is 0 Å². The molecule has 0 spiro atoms. The second kappa shape index (κ2) is 9.03. The third-order valence-corrected chi connectivity index (χ3v) is 1.69. The van der Waals surface area contributed by atoms with Gasteiger partial charge in [-0.05, 0) is 0 Å². The van der Waals surface area contributed by atoms with Gasteiger partial charge in [0.25, 0.3) is 0 Å². The Hall–Kier alpha value is -0.960. The number of aryl methyl sites for hydroxylation is 1. The summed E-state index contributed by atoms with van der Waals surface area (Å²) in [5.41, 5.74) is 1.04. The molecule has 0 saturated carbocycles. The molecule has 0 saturated heterocycles. The van der Waals surface area contributed by atoms with Crippen LogP contribution in [0.15, 0.2) is 24.4 Å². The summed E-state index contributed by atoms with van der Waals surface area (Å²) in [6.07, 6.45) is 1.85. The van der Waals surface area contributed by atoms with E-state index in [1.807, 2.05) is 35.9 Å². The maximum atomic E-state index is 10.9. The van der Waals surface area contributed by atoms with Crippen molar-refractivity contribution in [3.63, 3.8) is 0 Å². The topological polar surface area (TPSA) is 120 Å². The van der Waals surface area contributed by atoms with Crippen molar-refractivity contribution in [1.82, 2.24) is 0 Å². The van der Waals surface area contributed by atoms with Gasteiger partial charge in [0.05, 0.1) is 22.0 Å². The molecule has 9 heteroatoms. The van der Waals surface area contributed by atoms with Gasteiger partial charge in [0.2, 0.25) is 6.54 Å². The molecule has 1 N–H and O–H groups in total. The quantitative estimate of drug-likeness (QED) is 0.428. The van der Waals surface area contributed by atoms with Crippen LogP contribution in [0.1, 0.15) is 5.69 Å². The Balaban J connectivity index is 0. The van der Waals surface area contributed by atoms with Crippen molar-refractivity contribution in [2.24, 2.45) is 0 Å². The number of carbonyl (C=O) groups excluding carboxylic acids is 1. The molecule has 0 fully saturated rings. The number of hydrogen-bond donors (Lipinski definition) is 1. The van der Waals surface area contributed by atoms with Gasteiger partial charge in [0, 0.05) is 19.1 Å². The Morgan fingerprint density at radius 1 is 1.44 bits per heavy atom. The lowest BCUT2D eigenvalue weighted by molar-refractivity contribution is -1.92. The zero-order valence-corrected chi connectivity index (χ0v) is 11.2. The van der Waals surface area contributed by atoms with E-state index in [2.05, 4.69) is 4.74 Å². The summed E-state index contributed by atoms with van der Waals surface area (Å²) in [5.74, 6) is -0.228. The minimum absolute atomic E-state index is 0. The largest absolute Gasteiger partial charge is 1.00 e. The average Bonchev–Trinajstić information content (AvgIpc) is 2.19. The number of nitrogens with zero attached hydrogens (tertiary/aromatic N) is 1. The van der Waals surface area contributed by atoms with Gasteiger partial charge in [0.1, 0.15) is 0 Å². The van der Waals surface area contributed by atoms with Gasteiger partial charge in [-0.2, -0.15) is 18.5 Å². The lowest BCUT2D eigenvalue weighted by Crippen LogP contribution is -3.00. The van der Waals surface area contributed by atoms with Crippen molar-refractivity contribution in [3.8, 4) is 0 Å². The molecule has 0 aliphatic carbocycles. The number of carbonyl (C=O) groups is 1. The van der Waals surface area contributed by atoms with Crippen molar-refractivity contribution in [2.45, 2.75) is 13.5 Å². The molecule has 1 rings (SSSR count). The maximum Gasteiger partial charge on any atom is 0.372 e. The molecule has 0 bridgehead atoms. The molecular weight excluding hydrogens is 289 g/mol. The van der Waals surface area contributed by atoms with Gasteiger partial charge < -0.3 is 17.1 Å². The van der Waals surface area contributed by atoms with Gasteiger partial charge >= 0.3 is 5.97 Å². The predicted molar refractivity (Wildman–Crippen MR) is 45.6 cm³/mol. The van der Waals surface area contributed by atoms with E-state index in [9.17, 15) is 4.79 Å². The molecule has 0 aromatic carbocycles. The molecule has 1 aromatic heterocycles. The molecule has 0 radical (unpaired) electrons. The van der Waals surface area contributed by atoms with Crippen LogP contribution >= 0.6 is 0 Å². The third kappa shape index (κ3) is 11.5. The molecule has 1 heterocycles. The standard InChI is InChI=1S/C9H12NO2.ClHO4.ClH/c1-8-5-3-4-6-10(8)7-9(11)12-2;2-1(3,4)5;/h3-6H,7H2,1-2H3;(H,2,3,4,5);1H/q+1;;/p-1. The zero-order valence-electron chi connectivity index (χ0n) is 9.71. The average molecular weight is 302 g/mol. The molecular formula is C9H13Cl2NO6. The Labute approximate surface area is 112 Å². The van der Waals surface area contributed by atoms with E-state index in [0.717, 1.165) is 5.69 Å². The van der Waals surface area contributed by atoms with Gasteiger partial charge in [-0.15, -0.1) is 0 Å². The van der Waals surface area contributed by atoms with Crippen LogP contribution in [0.4, 0.5) is 0 Å². The van der Waals surface area contributed by atoms with Crippen LogP contribution in [0.2, 0.25) is 0 Å². The highest BCUT2D eigenvalue weighted by molar-refractivity contribution is 5.67. The van der Waals surface area contributed by atoms with Crippen LogP contribution in [-0.2, 0) is 16.1 Å². The number of rotatable bonds is 2. The molecule has 0 aliphatic heterocycles. The van der Waals surface area contributed by atoms with E-state index in [-0.39, 0.29) is 24.9 Å². The first-order valence-corrected chi connectivity index (χ1v) is 5.65. The highest BCUT2D eigenvalue weighted by Crippen LogP contribution is 1.87. The minimum atomic E-state index is -4.69. The van der Waals surface area contributed by atoms with E-state index in [0.29, 0.717) is 0 Å². The minimum Gasteiger partial charge on any atom is -1.00 e. The summed E-state index contributed by atoms with van der Waals surface area (Å²) in [4.78, 5) is 10.9. The number of pyridine rings is 1. The van der Waals surface area contributed by atoms with E-state index < -0.39 is 10.2 Å². The summed E-state index contributed by atoms with van der Waals surface area (Å²) in [7, 11) is -3.30. The molecule has 0 aliphatic rings. The molecule has 0 amide bonds. The second-order valence-corrected chi connectivity index (χ2v) is 3.73. The lowest BCUT2D eigenvalue weighted by atomic mass is 10.3. The Morgan fingerprint density at radius 3 is 2.33 bits per heavy atom. The number of halogens is 2. The zero-order chi connectivity index (χ0) is 13.5. The van der Waals surface area contributed by atoms with Crippen molar-refractivity contribution in [1.29, 1.82) is 0 Å². The number of aromatic nitrogens is 1. The second-order valence-electron chi connectivity index (χ2n) is 2.94. The lowest BCUT2D eigenvalue weighted by Gasteiger charge is -2.03. The molecule has 1 aromatic rings. The number of ether oxygens (including phenoxy) is 1. The van der Waals surface area contributed by atoms with Crippen LogP contribution in [0.3, 0.4) is 0 Å². The van der Waals surface area contributed by atoms with Crippen LogP contribution in [-0.4, -0.2) is 17.7 Å². The van der Waals surface area contributed by atoms with Crippen molar-refractivity contribution in [2.75, 3.05) is 7.11 Å². The smallest absolute Gasteiger partial charge is 0.372 e. The van der Waals surface area contributed by atoms with Crippen LogP contribution in [0.25, 0.3) is 0 Å². The fraction of sp³-hybridized carbons (Fsp3) is 0.333. The summed E-state index contributed by atoms with van der Waals surface area (Å²) < 4.78 is 39.1. The first kappa shape index (κ1) is 19.4. The van der Waals surface area contributed by atoms with Crippen LogP contribution in [0.5, 0.6) is 0 Å². The maximum absolute atomic E-state index is 10.9. The number of hydrogen-bond acceptors (Lipinski definition) is 6. The monoisotopic (exact) mass is 301 g/mol. The third-order valence-electron chi connectivity index (χ3n) is 1.69. The van der Waals surface area contributed by atoms with Crippen molar-refractivity contribution >= 4 is 5.97 Å². The summed E-state index contributed by atoms with van der Waals surface area (Å²) >= 11 is 0. The van der Waals surface area contributed by atoms with Gasteiger partial charge in [-0.25, -0.2) is 4.79 Å². The fourth-order valence-electron chi connectivity index (χ4n) is 0.943. The highest BCUT2D eigenvalue weighted by atomic mass is 35.7. The highest BCUT2D eigenvalue weighted by Gasteiger charge is 2.10. The number of methoxy groups -OCH3 is 1. The van der Waals surface area contributed by atoms with E-state index in [1.165, 1.54) is 7.11 Å². The Bertz CT molecular complexity index is 362. The normalized spacial score (nSPS) is 9.67. The first-order valence-electron chi connectivity index (χ1n) is 4.39. The SMILES string of the molecule is COC(=O)C[n+]1ccccc1C.[Cl-].[O-][Cl+3]([O-])([O-])O. The first-order chi connectivity index (χ1) is 7.74. The summed E-state index contributed by atoms with van der Waals surface area (Å²) in [5, 5.41) is 0. The Kier molecular flexibility index (Phi) is 9.73. The molecule has 18 heavy (non-hydrogen) atoms. The molecule has 0 atom stereocenters. The fourth-order valence-corrected chi connectivity index (χ4v) is 0.943. The predicted octanol–water partition coefficient (Wildman–Crippen LogP) is -6.66. The molecule has 104 valence electrons. The van der Waals surface area contributed by atoms with E-state index in [4.69, 9.17) is 18.6 Å². The summed E-state index contributed by atoms with van der Waals surface area (Å²) in [6.45, 7) is 2.23. The van der Waals surface area contributed by atoms with Gasteiger partial charge in [-0.3, -0.25) is 0 Å². The molecule has 7 nitrogen and oxygen atoms in total. The summed E-state index contributed by atoms with van der Waals surface area (Å²) in [6, 6.07) is 5.77. The molecule has 0 unspecified atom stereocenters. The van der Waals surface area contributed by atoms with Crippen LogP contribution in [0, 0.1) is 17.2 Å². The Morgan fingerprint density at radius 2 is 1.94 bits per heavy atom. The van der Waals surface area contributed by atoms with Gasteiger partial charge in [0.15, 0.2) is 11.9 Å². The number of esters is 1.